The summed E-state index contributed by atoms with van der Waals surface area (Å²) in [5.74, 6) is 0.238. The minimum absolute atomic E-state index is 0.192. The fourth-order valence-electron chi connectivity index (χ4n) is 2.79. The normalized spacial score (nSPS) is 14.9. The van der Waals surface area contributed by atoms with E-state index in [-0.39, 0.29) is 11.6 Å². The molecule has 1 aliphatic rings. The number of nitrogens with one attached hydrogen (secondary N) is 1. The van der Waals surface area contributed by atoms with Crippen molar-refractivity contribution >= 4 is 34.7 Å². The highest BCUT2D eigenvalue weighted by Gasteiger charge is 2.31. The molecule has 8 heteroatoms. The Hall–Kier alpha value is -2.19. The average Bonchev–Trinajstić information content (AvgIpc) is 3.21. The van der Waals surface area contributed by atoms with Gasteiger partial charge in [-0.25, -0.2) is 4.39 Å². The molecule has 0 radical (unpaired) electrons. The maximum atomic E-state index is 13.8. The van der Waals surface area contributed by atoms with Gasteiger partial charge in [0.1, 0.15) is 11.6 Å². The first-order valence-electron chi connectivity index (χ1n) is 8.80. The SMILES string of the molecule is C[C@@H](Sc1nnc(Cc2cccs2)n1C1CC1)C(=O)Nc1ccccc1F. The van der Waals surface area contributed by atoms with Gasteiger partial charge < -0.3 is 9.88 Å². The Kier molecular flexibility index (Phi) is 5.27. The topological polar surface area (TPSA) is 59.8 Å². The van der Waals surface area contributed by atoms with Crippen LogP contribution in [0.1, 0.15) is 36.5 Å². The Labute approximate surface area is 165 Å². The second-order valence-electron chi connectivity index (χ2n) is 6.49. The van der Waals surface area contributed by atoms with Crippen LogP contribution in [0.25, 0.3) is 0 Å². The van der Waals surface area contributed by atoms with Crippen LogP contribution in [0.4, 0.5) is 10.1 Å². The highest BCUT2D eigenvalue weighted by molar-refractivity contribution is 8.00. The summed E-state index contributed by atoms with van der Waals surface area (Å²) in [7, 11) is 0. The van der Waals surface area contributed by atoms with E-state index in [1.165, 1.54) is 22.7 Å². The molecule has 0 spiro atoms. The second-order valence-corrected chi connectivity index (χ2v) is 8.83. The van der Waals surface area contributed by atoms with Crippen LogP contribution < -0.4 is 5.32 Å². The van der Waals surface area contributed by atoms with E-state index in [0.29, 0.717) is 6.04 Å². The Morgan fingerprint density at radius 3 is 2.85 bits per heavy atom. The molecule has 1 atom stereocenters. The lowest BCUT2D eigenvalue weighted by Crippen LogP contribution is -2.23. The molecule has 3 aromatic rings. The van der Waals surface area contributed by atoms with Crippen LogP contribution in [-0.4, -0.2) is 25.9 Å². The number of carbonyl (C=O) groups excluding carboxylic acids is 1. The van der Waals surface area contributed by atoms with Crippen molar-refractivity contribution in [1.29, 1.82) is 0 Å². The number of benzene rings is 1. The molecule has 27 heavy (non-hydrogen) atoms. The molecular formula is C19H19FN4OS2. The number of rotatable bonds is 7. The highest BCUT2D eigenvalue weighted by atomic mass is 32.2. The maximum Gasteiger partial charge on any atom is 0.237 e. The minimum atomic E-state index is -0.442. The van der Waals surface area contributed by atoms with Crippen molar-refractivity contribution in [3.05, 3.63) is 58.3 Å². The lowest BCUT2D eigenvalue weighted by atomic mass is 10.3. The summed E-state index contributed by atoms with van der Waals surface area (Å²) in [4.78, 5) is 13.7. The molecule has 1 aliphatic carbocycles. The van der Waals surface area contributed by atoms with E-state index in [2.05, 4.69) is 31.5 Å². The zero-order valence-electron chi connectivity index (χ0n) is 14.8. The lowest BCUT2D eigenvalue weighted by Gasteiger charge is -2.13. The average molecular weight is 403 g/mol. The number of hydrogen-bond acceptors (Lipinski definition) is 5. The molecule has 1 aromatic carbocycles. The van der Waals surface area contributed by atoms with Gasteiger partial charge in [0.05, 0.1) is 10.9 Å². The van der Waals surface area contributed by atoms with Gasteiger partial charge in [0, 0.05) is 17.3 Å². The van der Waals surface area contributed by atoms with Crippen molar-refractivity contribution < 1.29 is 9.18 Å². The van der Waals surface area contributed by atoms with Gasteiger partial charge in [-0.1, -0.05) is 30.0 Å². The zero-order valence-corrected chi connectivity index (χ0v) is 16.4. The molecule has 1 amide bonds. The quantitative estimate of drug-likeness (QED) is 0.590. The molecule has 0 bridgehead atoms. The van der Waals surface area contributed by atoms with Crippen molar-refractivity contribution in [2.75, 3.05) is 5.32 Å². The fraction of sp³-hybridized carbons (Fsp3) is 0.316. The molecule has 0 unspecified atom stereocenters. The minimum Gasteiger partial charge on any atom is -0.323 e. The summed E-state index contributed by atoms with van der Waals surface area (Å²) in [6, 6.07) is 10.7. The zero-order chi connectivity index (χ0) is 18.8. The van der Waals surface area contributed by atoms with Crippen LogP contribution in [-0.2, 0) is 11.2 Å². The second kappa shape index (κ2) is 7.82. The third-order valence-corrected chi connectivity index (χ3v) is 6.28. The van der Waals surface area contributed by atoms with E-state index >= 15 is 0 Å². The van der Waals surface area contributed by atoms with Gasteiger partial charge in [0.2, 0.25) is 5.91 Å². The summed E-state index contributed by atoms with van der Waals surface area (Å²) >= 11 is 3.07. The van der Waals surface area contributed by atoms with E-state index in [0.717, 1.165) is 30.2 Å². The molecule has 2 heterocycles. The molecule has 140 valence electrons. The molecule has 5 nitrogen and oxygen atoms in total. The van der Waals surface area contributed by atoms with Gasteiger partial charge >= 0.3 is 0 Å². The Bertz CT molecular complexity index is 937. The van der Waals surface area contributed by atoms with Crippen molar-refractivity contribution in [3.8, 4) is 0 Å². The summed E-state index contributed by atoms with van der Waals surface area (Å²) in [5, 5.41) is 13.7. The number of amides is 1. The van der Waals surface area contributed by atoms with Crippen LogP contribution >= 0.6 is 23.1 Å². The molecule has 0 aliphatic heterocycles. The van der Waals surface area contributed by atoms with Gasteiger partial charge in [-0.05, 0) is 43.3 Å². The van der Waals surface area contributed by atoms with Crippen LogP contribution in [0.2, 0.25) is 0 Å². The summed E-state index contributed by atoms with van der Waals surface area (Å²) in [6.07, 6.45) is 2.97. The Morgan fingerprint density at radius 1 is 1.33 bits per heavy atom. The molecule has 1 N–H and O–H groups in total. The number of thioether (sulfide) groups is 1. The summed E-state index contributed by atoms with van der Waals surface area (Å²) in [6.45, 7) is 1.80. The van der Waals surface area contributed by atoms with Gasteiger partial charge in [-0.2, -0.15) is 0 Å². The number of carbonyl (C=O) groups is 1. The summed E-state index contributed by atoms with van der Waals surface area (Å²) in [5.41, 5.74) is 0.192. The number of halogens is 1. The Morgan fingerprint density at radius 2 is 2.15 bits per heavy atom. The smallest absolute Gasteiger partial charge is 0.237 e. The first kappa shape index (κ1) is 18.2. The molecule has 1 saturated carbocycles. The first-order valence-corrected chi connectivity index (χ1v) is 10.6. The van der Waals surface area contributed by atoms with E-state index in [1.807, 2.05) is 6.07 Å². The maximum absolute atomic E-state index is 13.8. The number of anilines is 1. The number of aromatic nitrogens is 3. The van der Waals surface area contributed by atoms with Crippen LogP contribution in [0, 0.1) is 5.82 Å². The van der Waals surface area contributed by atoms with Crippen LogP contribution in [0.5, 0.6) is 0 Å². The Balaban J connectivity index is 1.48. The fourth-order valence-corrected chi connectivity index (χ4v) is 4.43. The van der Waals surface area contributed by atoms with Gasteiger partial charge in [0.15, 0.2) is 5.16 Å². The standard InChI is InChI=1S/C19H19FN4OS2/c1-12(18(25)21-16-7-3-2-6-15(16)20)27-19-23-22-17(24(19)13-8-9-13)11-14-5-4-10-26-14/h2-7,10,12-13H,8-9,11H2,1H3,(H,21,25)/t12-/m1/s1. The number of hydrogen-bond donors (Lipinski definition) is 1. The molecule has 2 aromatic heterocycles. The molecular weight excluding hydrogens is 383 g/mol. The third-order valence-electron chi connectivity index (χ3n) is 4.34. The van der Waals surface area contributed by atoms with Crippen molar-refractivity contribution in [2.24, 2.45) is 0 Å². The highest BCUT2D eigenvalue weighted by Crippen LogP contribution is 2.40. The van der Waals surface area contributed by atoms with Gasteiger partial charge in [-0.15, -0.1) is 21.5 Å². The summed E-state index contributed by atoms with van der Waals surface area (Å²) < 4.78 is 15.9. The number of thiophene rings is 1. The van der Waals surface area contributed by atoms with Crippen molar-refractivity contribution in [2.45, 2.75) is 42.6 Å². The molecule has 1 fully saturated rings. The predicted octanol–water partition coefficient (Wildman–Crippen LogP) is 4.52. The van der Waals surface area contributed by atoms with Gasteiger partial charge in [0.25, 0.3) is 0 Å². The van der Waals surface area contributed by atoms with E-state index in [1.54, 1.807) is 36.5 Å². The van der Waals surface area contributed by atoms with Crippen molar-refractivity contribution in [3.63, 3.8) is 0 Å². The van der Waals surface area contributed by atoms with E-state index in [4.69, 9.17) is 0 Å². The molecule has 0 saturated heterocycles. The predicted molar refractivity (Wildman–Crippen MR) is 106 cm³/mol. The van der Waals surface area contributed by atoms with Crippen LogP contribution in [0.3, 0.4) is 0 Å². The number of para-hydroxylation sites is 1. The van der Waals surface area contributed by atoms with E-state index < -0.39 is 11.1 Å². The largest absolute Gasteiger partial charge is 0.323 e. The van der Waals surface area contributed by atoms with Crippen LogP contribution in [0.15, 0.2) is 46.9 Å². The first-order chi connectivity index (χ1) is 13.1. The number of nitrogens with zero attached hydrogens (tertiary/aromatic N) is 3. The van der Waals surface area contributed by atoms with Gasteiger partial charge in [-0.3, -0.25) is 4.79 Å². The monoisotopic (exact) mass is 402 g/mol. The van der Waals surface area contributed by atoms with E-state index in [9.17, 15) is 9.18 Å². The molecule has 4 rings (SSSR count). The van der Waals surface area contributed by atoms with Crippen molar-refractivity contribution in [1.82, 2.24) is 14.8 Å². The third kappa shape index (κ3) is 4.22. The lowest BCUT2D eigenvalue weighted by molar-refractivity contribution is -0.115.